The van der Waals surface area contributed by atoms with E-state index in [1.165, 1.54) is 0 Å². The molecule has 0 rings (SSSR count). The van der Waals surface area contributed by atoms with Crippen LogP contribution >= 0.6 is 0 Å². The number of carbonyl (C=O) groups excluding carboxylic acids is 1. The van der Waals surface area contributed by atoms with E-state index in [1.807, 2.05) is 0 Å². The van der Waals surface area contributed by atoms with Crippen LogP contribution in [0.15, 0.2) is 0 Å². The Hall–Kier alpha value is -0.530. The van der Waals surface area contributed by atoms with Crippen molar-refractivity contribution in [2.75, 3.05) is 0 Å². The molecule has 0 aromatic carbocycles. The van der Waals surface area contributed by atoms with Gasteiger partial charge in [-0.2, -0.15) is 0 Å². The highest BCUT2D eigenvalue weighted by Crippen LogP contribution is 2.35. The standard InChI is InChI=1S/C10H20O2/c1-4-7-10(5-2,6-3)8-9(11)12/h4-8H2,1-3H3,(H,11,12)/p-1. The summed E-state index contributed by atoms with van der Waals surface area (Å²) in [5, 5.41) is 10.5. The molecule has 0 fully saturated rings. The lowest BCUT2D eigenvalue weighted by atomic mass is 9.76. The molecule has 0 N–H and O–H groups in total. The minimum Gasteiger partial charge on any atom is -0.550 e. The lowest BCUT2D eigenvalue weighted by molar-refractivity contribution is -0.308. The number of carbonyl (C=O) groups is 1. The molecule has 0 aliphatic rings. The normalized spacial score (nSPS) is 11.6. The predicted octanol–water partition coefficient (Wildman–Crippen LogP) is 1.73. The van der Waals surface area contributed by atoms with Crippen molar-refractivity contribution in [2.24, 2.45) is 5.41 Å². The Labute approximate surface area is 75.0 Å². The van der Waals surface area contributed by atoms with Crippen molar-refractivity contribution >= 4 is 5.97 Å². The fourth-order valence-corrected chi connectivity index (χ4v) is 1.78. The van der Waals surface area contributed by atoms with Gasteiger partial charge in [-0.15, -0.1) is 0 Å². The van der Waals surface area contributed by atoms with E-state index in [-0.39, 0.29) is 11.8 Å². The van der Waals surface area contributed by atoms with Crippen molar-refractivity contribution in [3.8, 4) is 0 Å². The second-order valence-corrected chi connectivity index (χ2v) is 3.51. The molecule has 0 bridgehead atoms. The maximum Gasteiger partial charge on any atom is 0.0419 e. The van der Waals surface area contributed by atoms with Crippen LogP contribution in [0.25, 0.3) is 0 Å². The lowest BCUT2D eigenvalue weighted by Gasteiger charge is -2.31. The molecule has 0 saturated heterocycles. The molecule has 72 valence electrons. The van der Waals surface area contributed by atoms with E-state index >= 15 is 0 Å². The quantitative estimate of drug-likeness (QED) is 0.610. The first-order valence-electron chi connectivity index (χ1n) is 4.80. The van der Waals surface area contributed by atoms with Crippen LogP contribution in [0.1, 0.15) is 52.9 Å². The molecular weight excluding hydrogens is 152 g/mol. The summed E-state index contributed by atoms with van der Waals surface area (Å²) in [5.41, 5.74) is -0.00637. The zero-order valence-electron chi connectivity index (χ0n) is 8.35. The van der Waals surface area contributed by atoms with Gasteiger partial charge in [0.1, 0.15) is 0 Å². The van der Waals surface area contributed by atoms with Crippen LogP contribution in [0.2, 0.25) is 0 Å². The van der Waals surface area contributed by atoms with E-state index in [2.05, 4.69) is 20.8 Å². The molecule has 2 heteroatoms. The van der Waals surface area contributed by atoms with Crippen molar-refractivity contribution in [2.45, 2.75) is 52.9 Å². The number of aliphatic carboxylic acids is 1. The first-order chi connectivity index (χ1) is 5.60. The second-order valence-electron chi connectivity index (χ2n) is 3.51. The summed E-state index contributed by atoms with van der Waals surface area (Å²) in [6, 6.07) is 0. The largest absolute Gasteiger partial charge is 0.550 e. The van der Waals surface area contributed by atoms with Crippen molar-refractivity contribution in [1.29, 1.82) is 0 Å². The maximum atomic E-state index is 10.5. The summed E-state index contributed by atoms with van der Waals surface area (Å²) in [6.45, 7) is 6.21. The van der Waals surface area contributed by atoms with Gasteiger partial charge >= 0.3 is 0 Å². The summed E-state index contributed by atoms with van der Waals surface area (Å²) < 4.78 is 0. The van der Waals surface area contributed by atoms with Gasteiger partial charge in [0.2, 0.25) is 0 Å². The van der Waals surface area contributed by atoms with Crippen molar-refractivity contribution in [3.05, 3.63) is 0 Å². The summed E-state index contributed by atoms with van der Waals surface area (Å²) in [7, 11) is 0. The van der Waals surface area contributed by atoms with Crippen LogP contribution in [0.3, 0.4) is 0 Å². The third-order valence-electron chi connectivity index (χ3n) is 2.80. The Kier molecular flexibility index (Phi) is 4.95. The highest BCUT2D eigenvalue weighted by atomic mass is 16.4. The molecule has 0 aromatic rings. The third kappa shape index (κ3) is 3.24. The number of hydrogen-bond acceptors (Lipinski definition) is 2. The average molecular weight is 171 g/mol. The first-order valence-corrected chi connectivity index (χ1v) is 4.80. The molecule has 0 saturated carbocycles. The fourth-order valence-electron chi connectivity index (χ4n) is 1.78. The fraction of sp³-hybridized carbons (Fsp3) is 0.900. The molecule has 0 amide bonds. The minimum atomic E-state index is -0.910. The van der Waals surface area contributed by atoms with Crippen LogP contribution in [-0.4, -0.2) is 5.97 Å². The average Bonchev–Trinajstić information content (AvgIpc) is 2.03. The van der Waals surface area contributed by atoms with Crippen LogP contribution in [0.5, 0.6) is 0 Å². The molecule has 12 heavy (non-hydrogen) atoms. The van der Waals surface area contributed by atoms with E-state index in [0.717, 1.165) is 25.7 Å². The molecule has 0 aromatic heterocycles. The topological polar surface area (TPSA) is 40.1 Å². The third-order valence-corrected chi connectivity index (χ3v) is 2.80. The lowest BCUT2D eigenvalue weighted by Crippen LogP contribution is -2.31. The van der Waals surface area contributed by atoms with Gasteiger partial charge < -0.3 is 9.90 Å². The van der Waals surface area contributed by atoms with Gasteiger partial charge in [0.15, 0.2) is 0 Å². The number of rotatable bonds is 6. The summed E-state index contributed by atoms with van der Waals surface area (Å²) in [4.78, 5) is 10.5. The summed E-state index contributed by atoms with van der Waals surface area (Å²) in [6.07, 6.45) is 4.13. The highest BCUT2D eigenvalue weighted by Gasteiger charge is 2.24. The molecular formula is C10H19O2-. The van der Waals surface area contributed by atoms with Crippen LogP contribution in [-0.2, 0) is 4.79 Å². The molecule has 0 radical (unpaired) electrons. The van der Waals surface area contributed by atoms with Crippen LogP contribution in [0.4, 0.5) is 0 Å². The van der Waals surface area contributed by atoms with Crippen molar-refractivity contribution in [3.63, 3.8) is 0 Å². The molecule has 0 heterocycles. The van der Waals surface area contributed by atoms with E-state index in [4.69, 9.17) is 0 Å². The van der Waals surface area contributed by atoms with E-state index < -0.39 is 5.97 Å². The van der Waals surface area contributed by atoms with E-state index in [9.17, 15) is 9.90 Å². The molecule has 2 nitrogen and oxygen atoms in total. The molecule has 0 spiro atoms. The predicted molar refractivity (Wildman–Crippen MR) is 47.5 cm³/mol. The minimum absolute atomic E-state index is 0.00637. The van der Waals surface area contributed by atoms with Crippen LogP contribution in [0, 0.1) is 5.41 Å². The number of carboxylic acids is 1. The monoisotopic (exact) mass is 171 g/mol. The molecule has 0 atom stereocenters. The first kappa shape index (κ1) is 11.5. The zero-order chi connectivity index (χ0) is 9.61. The Morgan fingerprint density at radius 2 is 1.75 bits per heavy atom. The maximum absolute atomic E-state index is 10.5. The summed E-state index contributed by atoms with van der Waals surface area (Å²) >= 11 is 0. The Balaban J connectivity index is 4.23. The molecule has 0 aliphatic heterocycles. The highest BCUT2D eigenvalue weighted by molar-refractivity contribution is 5.65. The molecule has 0 unspecified atom stereocenters. The van der Waals surface area contributed by atoms with Gasteiger partial charge in [0.25, 0.3) is 0 Å². The van der Waals surface area contributed by atoms with E-state index in [0.29, 0.717) is 0 Å². The van der Waals surface area contributed by atoms with Gasteiger partial charge in [0.05, 0.1) is 0 Å². The van der Waals surface area contributed by atoms with Gasteiger partial charge in [-0.3, -0.25) is 0 Å². The second kappa shape index (κ2) is 5.18. The van der Waals surface area contributed by atoms with Crippen LogP contribution < -0.4 is 5.11 Å². The zero-order valence-corrected chi connectivity index (χ0v) is 8.35. The Morgan fingerprint density at radius 1 is 1.25 bits per heavy atom. The smallest absolute Gasteiger partial charge is 0.0419 e. The van der Waals surface area contributed by atoms with Crippen molar-refractivity contribution in [1.82, 2.24) is 0 Å². The van der Waals surface area contributed by atoms with Gasteiger partial charge in [-0.25, -0.2) is 0 Å². The summed E-state index contributed by atoms with van der Waals surface area (Å²) in [5.74, 6) is -0.910. The Bertz CT molecular complexity index is 137. The van der Waals surface area contributed by atoms with Gasteiger partial charge in [0, 0.05) is 5.97 Å². The van der Waals surface area contributed by atoms with Gasteiger partial charge in [-0.1, -0.05) is 40.0 Å². The molecule has 0 aliphatic carbocycles. The van der Waals surface area contributed by atoms with Gasteiger partial charge in [-0.05, 0) is 18.3 Å². The Morgan fingerprint density at radius 3 is 2.00 bits per heavy atom. The van der Waals surface area contributed by atoms with E-state index in [1.54, 1.807) is 0 Å². The number of carboxylic acid groups (broad SMARTS) is 1. The SMILES string of the molecule is CCCC(CC)(CC)CC(=O)[O-]. The number of hydrogen-bond donors (Lipinski definition) is 0. The van der Waals surface area contributed by atoms with Crippen molar-refractivity contribution < 1.29 is 9.90 Å².